The molecule has 0 aliphatic carbocycles. The van der Waals surface area contributed by atoms with Crippen molar-refractivity contribution in [2.45, 2.75) is 0 Å². The Morgan fingerprint density at radius 3 is 1.00 bits per heavy atom. The van der Waals surface area contributed by atoms with Gasteiger partial charge in [0.1, 0.15) is 0 Å². The van der Waals surface area contributed by atoms with Gasteiger partial charge in [0.15, 0.2) is 0 Å². The van der Waals surface area contributed by atoms with Crippen molar-refractivity contribution in [3.63, 3.8) is 0 Å². The maximum Gasteiger partial charge on any atom is 0 e. The summed E-state index contributed by atoms with van der Waals surface area (Å²) in [7, 11) is 0. The maximum atomic E-state index is 0. The van der Waals surface area contributed by atoms with E-state index in [9.17, 15) is 0 Å². The van der Waals surface area contributed by atoms with Crippen LogP contribution in [-0.2, 0) is 48.2 Å². The molecule has 4 heavy (non-hydrogen) atoms. The monoisotopic (exact) mass is 387 g/mol. The normalized spacial score (nSPS) is 0. The van der Waals surface area contributed by atoms with Crippen LogP contribution in [0.4, 0.5) is 0 Å². The quantitative estimate of drug-likeness (QED) is 0.508. The first kappa shape index (κ1) is 47.2. The molecule has 0 aliphatic rings. The summed E-state index contributed by atoms with van der Waals surface area (Å²) in [6.45, 7) is 0. The van der Waals surface area contributed by atoms with Crippen LogP contribution in [0.3, 0.4) is 0 Å². The number of nitrogens with zero attached hydrogens (tertiary/aromatic N) is 1. The maximum absolute atomic E-state index is 0. The molecule has 0 amide bonds. The molecule has 3 heteroatoms. The van der Waals surface area contributed by atoms with Crippen molar-refractivity contribution in [2.24, 2.45) is 0 Å². The summed E-state index contributed by atoms with van der Waals surface area (Å²) in [5.41, 5.74) is 0. The van der Waals surface area contributed by atoms with Crippen molar-refractivity contribution in [2.75, 3.05) is 0 Å². The third-order valence-corrected chi connectivity index (χ3v) is 0. The summed E-state index contributed by atoms with van der Waals surface area (Å²) in [6, 6.07) is 0. The van der Waals surface area contributed by atoms with Gasteiger partial charge in [0.25, 0.3) is 0 Å². The van der Waals surface area contributed by atoms with Crippen molar-refractivity contribution < 1.29 is 48.2 Å². The molecule has 0 aromatic rings. The van der Waals surface area contributed by atoms with E-state index < -0.39 is 0 Å². The minimum absolute atomic E-state index is 0. The Bertz CT molecular complexity index is 8.00. The Kier molecular flexibility index (Phi) is 279. The molecule has 0 spiro atoms. The summed E-state index contributed by atoms with van der Waals surface area (Å²) in [5.74, 6) is 0. The van der Waals surface area contributed by atoms with Crippen LogP contribution >= 0.6 is 0 Å². The molecular weight excluding hydrogens is 385 g/mol. The fraction of sp³-hybridized carbons (Fsp3) is 0. The van der Waals surface area contributed by atoms with Gasteiger partial charge < -0.3 is 0 Å². The van der Waals surface area contributed by atoms with Crippen LogP contribution in [-0.4, -0.2) is 0 Å². The van der Waals surface area contributed by atoms with Crippen LogP contribution in [0.1, 0.15) is 0 Å². The summed E-state index contributed by atoms with van der Waals surface area (Å²) in [5, 5.41) is 0. The Morgan fingerprint density at radius 2 is 1.00 bits per heavy atom. The number of hydrogen-bond donors (Lipinski definition) is 0. The van der Waals surface area contributed by atoms with E-state index >= 15 is 0 Å². The molecule has 0 aromatic carbocycles. The molecule has 8 radical (unpaired) electrons. The standard InChI is InChI=1S/C.Hf.N.Ta. The molecule has 0 fully saturated rings. The topological polar surface area (TPSA) is 30.5 Å². The second kappa shape index (κ2) is 23.6. The van der Waals surface area contributed by atoms with Gasteiger partial charge in [-0.2, -0.15) is 0 Å². The van der Waals surface area contributed by atoms with E-state index in [1.807, 2.05) is 0 Å². The van der Waals surface area contributed by atoms with E-state index in [1.165, 1.54) is 0 Å². The first-order chi connectivity index (χ1) is 0. The van der Waals surface area contributed by atoms with Crippen molar-refractivity contribution >= 4 is 0 Å². The summed E-state index contributed by atoms with van der Waals surface area (Å²) in [6.07, 6.45) is 0. The fourth-order valence-corrected chi connectivity index (χ4v) is 0. The summed E-state index contributed by atoms with van der Waals surface area (Å²) in [4.78, 5) is 0. The molecule has 0 rings (SSSR count). The molecule has 0 aliphatic heterocycles. The fourth-order valence-electron chi connectivity index (χ4n) is 0. The zero-order valence-electron chi connectivity index (χ0n) is 1.89. The molecule has 0 aromatic heterocycles. The Balaban J connectivity index is 0. The van der Waals surface area contributed by atoms with Gasteiger partial charge in [0, 0.05) is 61.8 Å². The van der Waals surface area contributed by atoms with E-state index in [0.717, 1.165) is 0 Å². The zero-order chi connectivity index (χ0) is 0. The summed E-state index contributed by atoms with van der Waals surface area (Å²) >= 11 is 0. The van der Waals surface area contributed by atoms with E-state index in [4.69, 9.17) is 0 Å². The predicted molar refractivity (Wildman–Crippen MR) is 5.38 cm³/mol. The van der Waals surface area contributed by atoms with E-state index in [1.54, 1.807) is 0 Å². The first-order valence-corrected chi connectivity index (χ1v) is 0. The average molecular weight is 385 g/mol. The van der Waals surface area contributed by atoms with Crippen molar-refractivity contribution in [1.82, 2.24) is 6.15 Å². The van der Waals surface area contributed by atoms with E-state index in [2.05, 4.69) is 0 Å². The van der Waals surface area contributed by atoms with Gasteiger partial charge in [0.05, 0.1) is 0 Å². The second-order valence-corrected chi connectivity index (χ2v) is 0. The molecule has 18 valence electrons. The molecule has 0 saturated heterocycles. The van der Waals surface area contributed by atoms with Gasteiger partial charge in [-0.15, -0.1) is 0 Å². The van der Waals surface area contributed by atoms with Gasteiger partial charge in [-0.25, -0.2) is 0 Å². The van der Waals surface area contributed by atoms with Crippen LogP contribution in [0.2, 0.25) is 0 Å². The van der Waals surface area contributed by atoms with Gasteiger partial charge in [-0.3, -0.25) is 0 Å². The molecule has 0 atom stereocenters. The van der Waals surface area contributed by atoms with Gasteiger partial charge >= 0.3 is 0 Å². The largest absolute Gasteiger partial charge is 0 e. The zero-order valence-corrected chi connectivity index (χ0v) is 8.70. The van der Waals surface area contributed by atoms with Crippen LogP contribution in [0.25, 0.3) is 0 Å². The minimum atomic E-state index is 0. The van der Waals surface area contributed by atoms with Gasteiger partial charge in [0.2, 0.25) is 0 Å². The van der Waals surface area contributed by atoms with Crippen molar-refractivity contribution in [3.8, 4) is 0 Å². The van der Waals surface area contributed by atoms with E-state index in [0.29, 0.717) is 0 Å². The first-order valence-electron chi connectivity index (χ1n) is 0. The van der Waals surface area contributed by atoms with E-state index in [-0.39, 0.29) is 61.8 Å². The molecule has 0 N–H and O–H groups in total. The third kappa shape index (κ3) is 9.57. The van der Waals surface area contributed by atoms with Crippen LogP contribution in [0.15, 0.2) is 0 Å². The van der Waals surface area contributed by atoms with Gasteiger partial charge in [-0.1, -0.05) is 0 Å². The average Bonchev–Trinajstić information content (AvgIpc) is 0. The Hall–Kier alpha value is 1.57. The Morgan fingerprint density at radius 1 is 1.00 bits per heavy atom. The van der Waals surface area contributed by atoms with Crippen LogP contribution in [0, 0.1) is 7.43 Å². The number of rotatable bonds is 0. The molecule has 0 unspecified atom stereocenters. The van der Waals surface area contributed by atoms with Crippen LogP contribution in [0.5, 0.6) is 0 Å². The molecular formula is CHfNTa. The SMILES string of the molecule is [C].[Hf].[N].[Ta]. The third-order valence-electron chi connectivity index (χ3n) is 0. The van der Waals surface area contributed by atoms with Gasteiger partial charge in [-0.05, 0) is 0 Å². The number of hydrogen-bond acceptors (Lipinski definition) is 0. The predicted octanol–water partition coefficient (Wildman–Crippen LogP) is -0.404. The molecule has 1 nitrogen and oxygen atoms in total. The summed E-state index contributed by atoms with van der Waals surface area (Å²) < 4.78 is 0. The minimum Gasteiger partial charge on any atom is 0 e. The molecule has 0 bridgehead atoms. The van der Waals surface area contributed by atoms with Crippen molar-refractivity contribution in [1.29, 1.82) is 0 Å². The van der Waals surface area contributed by atoms with Crippen molar-refractivity contribution in [3.05, 3.63) is 7.43 Å². The molecule has 0 heterocycles. The van der Waals surface area contributed by atoms with Crippen LogP contribution < -0.4 is 6.15 Å². The smallest absolute Gasteiger partial charge is 0 e. The Labute approximate surface area is 61.4 Å². The molecule has 0 saturated carbocycles. The second-order valence-electron chi connectivity index (χ2n) is 0.